The lowest BCUT2D eigenvalue weighted by Gasteiger charge is -2.30. The molecule has 1 fully saturated rings. The van der Waals surface area contributed by atoms with Crippen LogP contribution >= 0.6 is 11.3 Å². The molecule has 1 aromatic heterocycles. The van der Waals surface area contributed by atoms with Gasteiger partial charge < -0.3 is 10.2 Å². The van der Waals surface area contributed by atoms with Gasteiger partial charge in [0.15, 0.2) is 0 Å². The van der Waals surface area contributed by atoms with E-state index in [2.05, 4.69) is 30.6 Å². The smallest absolute Gasteiger partial charge is 0.318 e. The van der Waals surface area contributed by atoms with Crippen LogP contribution in [0.1, 0.15) is 50.8 Å². The van der Waals surface area contributed by atoms with Crippen LogP contribution in [0, 0.1) is 0 Å². The van der Waals surface area contributed by atoms with Gasteiger partial charge in [-0.1, -0.05) is 25.3 Å². The summed E-state index contributed by atoms with van der Waals surface area (Å²) in [7, 11) is 0. The first-order chi connectivity index (χ1) is 9.16. The highest BCUT2D eigenvalue weighted by Crippen LogP contribution is 2.19. The average Bonchev–Trinajstić information content (AvgIpc) is 2.89. The van der Waals surface area contributed by atoms with Gasteiger partial charge in [0.1, 0.15) is 0 Å². The normalized spacial score (nSPS) is 16.6. The van der Waals surface area contributed by atoms with Crippen molar-refractivity contribution in [2.75, 3.05) is 0 Å². The Morgan fingerprint density at radius 2 is 2.16 bits per heavy atom. The first kappa shape index (κ1) is 14.4. The van der Waals surface area contributed by atoms with Crippen LogP contribution in [-0.2, 0) is 6.54 Å². The standard InChI is InChI=1S/C15H24N2OS/c1-12(2)17(11-14-9-6-10-19-14)15(18)16-13-7-4-3-5-8-13/h6,9-10,12-13H,3-5,7-8,11H2,1-2H3,(H,16,18). The molecular weight excluding hydrogens is 256 g/mol. The molecule has 1 aromatic rings. The number of nitrogens with one attached hydrogen (secondary N) is 1. The van der Waals surface area contributed by atoms with Crippen LogP contribution in [-0.4, -0.2) is 23.0 Å². The third-order valence-electron chi connectivity index (χ3n) is 3.72. The van der Waals surface area contributed by atoms with E-state index in [0.29, 0.717) is 12.6 Å². The van der Waals surface area contributed by atoms with Crippen molar-refractivity contribution in [1.82, 2.24) is 10.2 Å². The topological polar surface area (TPSA) is 32.3 Å². The van der Waals surface area contributed by atoms with E-state index in [1.54, 1.807) is 11.3 Å². The number of urea groups is 1. The van der Waals surface area contributed by atoms with E-state index in [0.717, 1.165) is 12.8 Å². The van der Waals surface area contributed by atoms with E-state index in [9.17, 15) is 4.79 Å². The van der Waals surface area contributed by atoms with Crippen molar-refractivity contribution in [3.05, 3.63) is 22.4 Å². The molecule has 0 unspecified atom stereocenters. The molecule has 0 radical (unpaired) electrons. The minimum absolute atomic E-state index is 0.0929. The molecule has 1 saturated carbocycles. The largest absolute Gasteiger partial charge is 0.335 e. The Balaban J connectivity index is 1.92. The Bertz CT molecular complexity index is 383. The quantitative estimate of drug-likeness (QED) is 0.888. The minimum Gasteiger partial charge on any atom is -0.335 e. The predicted octanol–water partition coefficient (Wildman–Crippen LogP) is 4.00. The molecule has 3 nitrogen and oxygen atoms in total. The van der Waals surface area contributed by atoms with Crippen LogP contribution in [0.15, 0.2) is 17.5 Å². The molecule has 2 rings (SSSR count). The van der Waals surface area contributed by atoms with Crippen molar-refractivity contribution < 1.29 is 4.79 Å². The Labute approximate surface area is 120 Å². The van der Waals surface area contributed by atoms with Crippen LogP contribution < -0.4 is 5.32 Å². The highest BCUT2D eigenvalue weighted by atomic mass is 32.1. The summed E-state index contributed by atoms with van der Waals surface area (Å²) in [5.41, 5.74) is 0. The summed E-state index contributed by atoms with van der Waals surface area (Å²) < 4.78 is 0. The van der Waals surface area contributed by atoms with Gasteiger partial charge in [0.25, 0.3) is 0 Å². The lowest BCUT2D eigenvalue weighted by atomic mass is 9.96. The molecule has 19 heavy (non-hydrogen) atoms. The number of rotatable bonds is 4. The van der Waals surface area contributed by atoms with Crippen molar-refractivity contribution in [1.29, 1.82) is 0 Å². The molecular formula is C15H24N2OS. The number of hydrogen-bond acceptors (Lipinski definition) is 2. The van der Waals surface area contributed by atoms with E-state index in [-0.39, 0.29) is 12.1 Å². The van der Waals surface area contributed by atoms with Crippen molar-refractivity contribution in [2.24, 2.45) is 0 Å². The second-order valence-electron chi connectivity index (χ2n) is 5.59. The van der Waals surface area contributed by atoms with Crippen molar-refractivity contribution in [3.63, 3.8) is 0 Å². The fourth-order valence-corrected chi connectivity index (χ4v) is 3.27. The van der Waals surface area contributed by atoms with Crippen LogP contribution in [0.3, 0.4) is 0 Å². The third-order valence-corrected chi connectivity index (χ3v) is 4.58. The van der Waals surface area contributed by atoms with Gasteiger partial charge >= 0.3 is 6.03 Å². The summed E-state index contributed by atoms with van der Waals surface area (Å²) in [6.07, 6.45) is 6.08. The minimum atomic E-state index is 0.0929. The van der Waals surface area contributed by atoms with Gasteiger partial charge in [-0.25, -0.2) is 4.79 Å². The monoisotopic (exact) mass is 280 g/mol. The number of nitrogens with zero attached hydrogens (tertiary/aromatic N) is 1. The maximum absolute atomic E-state index is 12.4. The van der Waals surface area contributed by atoms with Crippen molar-refractivity contribution in [2.45, 2.75) is 64.6 Å². The SMILES string of the molecule is CC(C)N(Cc1cccs1)C(=O)NC1CCCCC1. The van der Waals surface area contributed by atoms with E-state index in [1.807, 2.05) is 11.0 Å². The van der Waals surface area contributed by atoms with Gasteiger partial charge in [-0.15, -0.1) is 11.3 Å². The maximum atomic E-state index is 12.4. The van der Waals surface area contributed by atoms with E-state index >= 15 is 0 Å². The van der Waals surface area contributed by atoms with Crippen LogP contribution in [0.5, 0.6) is 0 Å². The van der Waals surface area contributed by atoms with Gasteiger partial charge in [-0.05, 0) is 38.1 Å². The summed E-state index contributed by atoms with van der Waals surface area (Å²) in [4.78, 5) is 15.6. The van der Waals surface area contributed by atoms with Gasteiger partial charge in [0.05, 0.1) is 6.54 Å². The molecule has 1 heterocycles. The zero-order valence-corrected chi connectivity index (χ0v) is 12.7. The molecule has 1 aliphatic carbocycles. The van der Waals surface area contributed by atoms with Crippen LogP contribution in [0.2, 0.25) is 0 Å². The predicted molar refractivity (Wildman–Crippen MR) is 80.4 cm³/mol. The van der Waals surface area contributed by atoms with Gasteiger partial charge in [0, 0.05) is 17.0 Å². The molecule has 1 aliphatic rings. The Hall–Kier alpha value is -1.03. The summed E-state index contributed by atoms with van der Waals surface area (Å²) in [6, 6.07) is 4.83. The van der Waals surface area contributed by atoms with Crippen LogP contribution in [0.4, 0.5) is 4.79 Å². The first-order valence-corrected chi connectivity index (χ1v) is 8.14. The maximum Gasteiger partial charge on any atom is 0.318 e. The van der Waals surface area contributed by atoms with Gasteiger partial charge in [-0.2, -0.15) is 0 Å². The second kappa shape index (κ2) is 6.94. The number of carbonyl (C=O) groups excluding carboxylic acids is 1. The number of hydrogen-bond donors (Lipinski definition) is 1. The average molecular weight is 280 g/mol. The molecule has 0 saturated heterocycles. The molecule has 0 bridgehead atoms. The summed E-state index contributed by atoms with van der Waals surface area (Å²) in [5, 5.41) is 5.27. The second-order valence-corrected chi connectivity index (χ2v) is 6.62. The summed E-state index contributed by atoms with van der Waals surface area (Å²) >= 11 is 1.71. The Kier molecular flexibility index (Phi) is 5.25. The molecule has 0 aliphatic heterocycles. The number of amides is 2. The highest BCUT2D eigenvalue weighted by molar-refractivity contribution is 7.09. The Morgan fingerprint density at radius 3 is 2.74 bits per heavy atom. The molecule has 1 N–H and O–H groups in total. The molecule has 4 heteroatoms. The zero-order valence-electron chi connectivity index (χ0n) is 11.9. The zero-order chi connectivity index (χ0) is 13.7. The molecule has 106 valence electrons. The number of thiophene rings is 1. The van der Waals surface area contributed by atoms with Crippen molar-refractivity contribution in [3.8, 4) is 0 Å². The van der Waals surface area contributed by atoms with Crippen molar-refractivity contribution >= 4 is 17.4 Å². The molecule has 0 spiro atoms. The molecule has 2 amide bonds. The first-order valence-electron chi connectivity index (χ1n) is 7.26. The molecule has 0 aromatic carbocycles. The molecule has 0 atom stereocenters. The van der Waals surface area contributed by atoms with Gasteiger partial charge in [0.2, 0.25) is 0 Å². The Morgan fingerprint density at radius 1 is 1.42 bits per heavy atom. The fourth-order valence-electron chi connectivity index (χ4n) is 2.56. The fraction of sp³-hybridized carbons (Fsp3) is 0.667. The van der Waals surface area contributed by atoms with E-state index in [4.69, 9.17) is 0 Å². The third kappa shape index (κ3) is 4.23. The van der Waals surface area contributed by atoms with Gasteiger partial charge in [-0.3, -0.25) is 0 Å². The highest BCUT2D eigenvalue weighted by Gasteiger charge is 2.22. The number of carbonyl (C=O) groups is 1. The summed E-state index contributed by atoms with van der Waals surface area (Å²) in [5.74, 6) is 0. The lowest BCUT2D eigenvalue weighted by Crippen LogP contribution is -2.47. The lowest BCUT2D eigenvalue weighted by molar-refractivity contribution is 0.173. The van der Waals surface area contributed by atoms with E-state index in [1.165, 1.54) is 24.1 Å². The van der Waals surface area contributed by atoms with E-state index < -0.39 is 0 Å². The van der Waals surface area contributed by atoms with Crippen LogP contribution in [0.25, 0.3) is 0 Å². The summed E-state index contributed by atoms with van der Waals surface area (Å²) in [6.45, 7) is 4.87.